The van der Waals surface area contributed by atoms with E-state index in [0.717, 1.165) is 12.1 Å². The topological polar surface area (TPSA) is 65.4 Å². The first kappa shape index (κ1) is 15.7. The number of alkyl halides is 3. The fourth-order valence-electron chi connectivity index (χ4n) is 1.71. The molecular weight excluding hydrogens is 303 g/mol. The fourth-order valence-corrected chi connectivity index (χ4v) is 1.71. The number of aromatic nitrogens is 2. The van der Waals surface area contributed by atoms with Crippen LogP contribution in [0.4, 0.5) is 18.9 Å². The third kappa shape index (κ3) is 3.90. The van der Waals surface area contributed by atoms with Crippen molar-refractivity contribution in [3.8, 4) is 11.6 Å². The minimum absolute atomic E-state index is 0.150. The number of ether oxygens (including phenoxy) is 2. The monoisotopic (exact) mass is 315 g/mol. The first-order chi connectivity index (χ1) is 10.3. The molecule has 2 aromatic rings. The number of rotatable bonds is 4. The van der Waals surface area contributed by atoms with Crippen molar-refractivity contribution in [1.82, 2.24) is 9.78 Å². The van der Waals surface area contributed by atoms with Crippen molar-refractivity contribution in [3.05, 3.63) is 36.0 Å². The molecule has 1 N–H and O–H groups in total. The first-order valence-electron chi connectivity index (χ1n) is 6.03. The van der Waals surface area contributed by atoms with Gasteiger partial charge in [0.25, 0.3) is 5.91 Å². The van der Waals surface area contributed by atoms with Gasteiger partial charge in [-0.3, -0.25) is 9.48 Å². The molecule has 9 heteroatoms. The highest BCUT2D eigenvalue weighted by molar-refractivity contribution is 6.05. The number of amides is 1. The van der Waals surface area contributed by atoms with Crippen LogP contribution in [-0.4, -0.2) is 29.2 Å². The van der Waals surface area contributed by atoms with Crippen molar-refractivity contribution in [2.24, 2.45) is 7.05 Å². The van der Waals surface area contributed by atoms with Gasteiger partial charge in [0, 0.05) is 18.9 Å². The number of methoxy groups -OCH3 is 1. The molecule has 0 unspecified atom stereocenters. The predicted octanol–water partition coefficient (Wildman–Crippen LogP) is 2.58. The molecule has 0 saturated carbocycles. The van der Waals surface area contributed by atoms with Gasteiger partial charge in [-0.2, -0.15) is 0 Å². The van der Waals surface area contributed by atoms with Crippen LogP contribution in [0.2, 0.25) is 0 Å². The molecule has 1 aromatic carbocycles. The zero-order valence-electron chi connectivity index (χ0n) is 11.6. The van der Waals surface area contributed by atoms with Crippen molar-refractivity contribution < 1.29 is 27.4 Å². The maximum Gasteiger partial charge on any atom is 0.573 e. The number of nitrogens with one attached hydrogen (secondary N) is 1. The molecule has 1 heterocycles. The molecule has 0 fully saturated rings. The number of halogens is 3. The number of nitrogens with zero attached hydrogens (tertiary/aromatic N) is 2. The van der Waals surface area contributed by atoms with E-state index in [1.165, 1.54) is 30.1 Å². The highest BCUT2D eigenvalue weighted by atomic mass is 19.4. The van der Waals surface area contributed by atoms with Gasteiger partial charge in [0.2, 0.25) is 5.88 Å². The second-order valence-electron chi connectivity index (χ2n) is 4.25. The minimum atomic E-state index is -4.76. The van der Waals surface area contributed by atoms with E-state index in [4.69, 9.17) is 4.74 Å². The van der Waals surface area contributed by atoms with Crippen molar-refractivity contribution in [2.75, 3.05) is 12.4 Å². The molecule has 6 nitrogen and oxygen atoms in total. The molecule has 0 bridgehead atoms. The number of carbonyl (C=O) groups excluding carboxylic acids is 1. The Hall–Kier alpha value is -2.71. The number of carbonyl (C=O) groups is 1. The number of benzene rings is 1. The van der Waals surface area contributed by atoms with E-state index in [1.807, 2.05) is 0 Å². The first-order valence-corrected chi connectivity index (χ1v) is 6.03. The Balaban J connectivity index is 2.08. The van der Waals surface area contributed by atoms with Crippen LogP contribution in [-0.2, 0) is 7.05 Å². The van der Waals surface area contributed by atoms with E-state index in [1.54, 1.807) is 7.05 Å². The Morgan fingerprint density at radius 3 is 2.45 bits per heavy atom. The SMILES string of the molecule is COc1nn(C)cc1C(=O)Nc1ccc(OC(F)(F)F)cc1. The highest BCUT2D eigenvalue weighted by Crippen LogP contribution is 2.24. The van der Waals surface area contributed by atoms with Crippen LogP contribution in [0.25, 0.3) is 0 Å². The summed E-state index contributed by atoms with van der Waals surface area (Å²) in [4.78, 5) is 12.1. The summed E-state index contributed by atoms with van der Waals surface area (Å²) >= 11 is 0. The lowest BCUT2D eigenvalue weighted by Crippen LogP contribution is -2.17. The number of aryl methyl sites for hydroxylation is 1. The predicted molar refractivity (Wildman–Crippen MR) is 70.8 cm³/mol. The zero-order valence-corrected chi connectivity index (χ0v) is 11.6. The normalized spacial score (nSPS) is 11.1. The Morgan fingerprint density at radius 2 is 1.91 bits per heavy atom. The molecular formula is C13H12F3N3O3. The Morgan fingerprint density at radius 1 is 1.27 bits per heavy atom. The van der Waals surface area contributed by atoms with E-state index < -0.39 is 12.3 Å². The molecule has 0 saturated heterocycles. The molecule has 1 aromatic heterocycles. The fraction of sp³-hybridized carbons (Fsp3) is 0.231. The van der Waals surface area contributed by atoms with Gasteiger partial charge in [0.15, 0.2) is 0 Å². The van der Waals surface area contributed by atoms with Crippen LogP contribution < -0.4 is 14.8 Å². The van der Waals surface area contributed by atoms with Gasteiger partial charge in [-0.05, 0) is 24.3 Å². The Kier molecular flexibility index (Phi) is 4.25. The average molecular weight is 315 g/mol. The van der Waals surface area contributed by atoms with E-state index in [-0.39, 0.29) is 17.2 Å². The lowest BCUT2D eigenvalue weighted by Gasteiger charge is -2.09. The van der Waals surface area contributed by atoms with Gasteiger partial charge >= 0.3 is 6.36 Å². The Labute approximate surface area is 123 Å². The van der Waals surface area contributed by atoms with Crippen molar-refractivity contribution in [1.29, 1.82) is 0 Å². The lowest BCUT2D eigenvalue weighted by atomic mass is 10.2. The van der Waals surface area contributed by atoms with Crippen LogP contribution >= 0.6 is 0 Å². The summed E-state index contributed by atoms with van der Waals surface area (Å²) in [5, 5.41) is 6.46. The molecule has 1 amide bonds. The number of hydrogen-bond acceptors (Lipinski definition) is 4. The van der Waals surface area contributed by atoms with Crippen LogP contribution in [0.1, 0.15) is 10.4 Å². The Bertz CT molecular complexity index is 665. The molecule has 0 aliphatic rings. The van der Waals surface area contributed by atoms with Crippen molar-refractivity contribution in [3.63, 3.8) is 0 Å². The second-order valence-corrected chi connectivity index (χ2v) is 4.25. The van der Waals surface area contributed by atoms with E-state index in [2.05, 4.69) is 15.2 Å². The van der Waals surface area contributed by atoms with Gasteiger partial charge in [0.1, 0.15) is 11.3 Å². The van der Waals surface area contributed by atoms with E-state index in [9.17, 15) is 18.0 Å². The van der Waals surface area contributed by atoms with Gasteiger partial charge in [-0.15, -0.1) is 18.3 Å². The third-order valence-electron chi connectivity index (χ3n) is 2.58. The molecule has 0 atom stereocenters. The van der Waals surface area contributed by atoms with E-state index in [0.29, 0.717) is 5.69 Å². The van der Waals surface area contributed by atoms with Crippen LogP contribution in [0.15, 0.2) is 30.5 Å². The zero-order chi connectivity index (χ0) is 16.3. The number of hydrogen-bond donors (Lipinski definition) is 1. The summed E-state index contributed by atoms with van der Waals surface area (Å²) in [6.45, 7) is 0. The molecule has 22 heavy (non-hydrogen) atoms. The van der Waals surface area contributed by atoms with Gasteiger partial charge < -0.3 is 14.8 Å². The molecule has 0 spiro atoms. The standard InChI is InChI=1S/C13H12F3N3O3/c1-19-7-10(12(18-19)21-2)11(20)17-8-3-5-9(6-4-8)22-13(14,15)16/h3-7H,1-2H3,(H,17,20). The van der Waals surface area contributed by atoms with Gasteiger partial charge in [-0.25, -0.2) is 0 Å². The number of anilines is 1. The molecule has 118 valence electrons. The quantitative estimate of drug-likeness (QED) is 0.942. The maximum atomic E-state index is 12.1. The molecule has 2 rings (SSSR count). The molecule has 0 aliphatic carbocycles. The van der Waals surface area contributed by atoms with Crippen LogP contribution in [0.3, 0.4) is 0 Å². The smallest absolute Gasteiger partial charge is 0.479 e. The second kappa shape index (κ2) is 5.96. The summed E-state index contributed by atoms with van der Waals surface area (Å²) < 4.78 is 46.2. The van der Waals surface area contributed by atoms with Gasteiger partial charge in [0.05, 0.1) is 7.11 Å². The summed E-state index contributed by atoms with van der Waals surface area (Å²) in [5.74, 6) is -0.712. The third-order valence-corrected chi connectivity index (χ3v) is 2.58. The van der Waals surface area contributed by atoms with Crippen molar-refractivity contribution >= 4 is 11.6 Å². The lowest BCUT2D eigenvalue weighted by molar-refractivity contribution is -0.274. The van der Waals surface area contributed by atoms with Crippen LogP contribution in [0, 0.1) is 0 Å². The minimum Gasteiger partial charge on any atom is -0.479 e. The van der Waals surface area contributed by atoms with Gasteiger partial charge in [-0.1, -0.05) is 0 Å². The van der Waals surface area contributed by atoms with E-state index >= 15 is 0 Å². The molecule has 0 radical (unpaired) electrons. The highest BCUT2D eigenvalue weighted by Gasteiger charge is 2.31. The van der Waals surface area contributed by atoms with Crippen LogP contribution in [0.5, 0.6) is 11.6 Å². The van der Waals surface area contributed by atoms with Crippen molar-refractivity contribution in [2.45, 2.75) is 6.36 Å². The largest absolute Gasteiger partial charge is 0.573 e. The summed E-state index contributed by atoms with van der Waals surface area (Å²) in [5.41, 5.74) is 0.519. The average Bonchev–Trinajstić information content (AvgIpc) is 2.80. The summed E-state index contributed by atoms with van der Waals surface area (Å²) in [6, 6.07) is 4.79. The summed E-state index contributed by atoms with van der Waals surface area (Å²) in [7, 11) is 3.00. The summed E-state index contributed by atoms with van der Waals surface area (Å²) in [6.07, 6.45) is -3.29. The maximum absolute atomic E-state index is 12.1. The molecule has 0 aliphatic heterocycles.